The summed E-state index contributed by atoms with van der Waals surface area (Å²) in [5, 5.41) is 17.9. The van der Waals surface area contributed by atoms with E-state index in [1.54, 1.807) is 0 Å². The lowest BCUT2D eigenvalue weighted by Gasteiger charge is -2.40. The molecule has 3 atom stereocenters. The van der Waals surface area contributed by atoms with Crippen molar-refractivity contribution in [1.82, 2.24) is 0 Å². The highest BCUT2D eigenvalue weighted by Crippen LogP contribution is 2.43. The van der Waals surface area contributed by atoms with Crippen LogP contribution >= 0.6 is 0 Å². The number of halogens is 3. The highest BCUT2D eigenvalue weighted by Gasteiger charge is 2.46. The number of amidine groups is 1. The van der Waals surface area contributed by atoms with Crippen molar-refractivity contribution in [1.29, 1.82) is 10.7 Å². The third-order valence-corrected chi connectivity index (χ3v) is 6.08. The Kier molecular flexibility index (Phi) is 7.90. The van der Waals surface area contributed by atoms with E-state index in [0.29, 0.717) is 5.56 Å². The minimum Gasteiger partial charge on any atom is -0.466 e. The molecule has 12 heteroatoms. The van der Waals surface area contributed by atoms with Gasteiger partial charge in [0.1, 0.15) is 11.8 Å². The van der Waals surface area contributed by atoms with E-state index in [2.05, 4.69) is 4.74 Å². The Morgan fingerprint density at radius 2 is 1.79 bits per heavy atom. The van der Waals surface area contributed by atoms with Crippen molar-refractivity contribution < 1.29 is 37.0 Å². The summed E-state index contributed by atoms with van der Waals surface area (Å²) in [6, 6.07) is 11.8. The first-order chi connectivity index (χ1) is 17.8. The van der Waals surface area contributed by atoms with Crippen LogP contribution in [0.15, 0.2) is 59.8 Å². The van der Waals surface area contributed by atoms with Crippen LogP contribution in [0.2, 0.25) is 0 Å². The number of nitrogens with two attached hydrogens (primary N) is 1. The van der Waals surface area contributed by atoms with Gasteiger partial charge in [-0.25, -0.2) is 9.59 Å². The molecule has 0 fully saturated rings. The predicted octanol–water partition coefficient (Wildman–Crippen LogP) is 3.64. The van der Waals surface area contributed by atoms with Crippen molar-refractivity contribution in [2.24, 2.45) is 11.7 Å². The predicted molar refractivity (Wildman–Crippen MR) is 129 cm³/mol. The van der Waals surface area contributed by atoms with Gasteiger partial charge in [0.05, 0.1) is 29.9 Å². The van der Waals surface area contributed by atoms with Crippen LogP contribution < -0.4 is 10.6 Å². The second kappa shape index (κ2) is 10.8. The average Bonchev–Trinajstić information content (AvgIpc) is 2.87. The smallest absolute Gasteiger partial charge is 0.416 e. The average molecular weight is 528 g/mol. The van der Waals surface area contributed by atoms with E-state index in [1.165, 1.54) is 44.2 Å². The van der Waals surface area contributed by atoms with Crippen LogP contribution in [0.1, 0.15) is 36.5 Å². The standard InChI is InChI=1S/C26H23F3N4O5/c1-13-19(25(36)38-14(2)24(35)37-3)20(16-9-7-15(12-30)8-10-16)21(23(32)34)22(31)33(13)18-6-4-5-17(11-18)26(27,28)29/h4-11,14,20-21,31H,1-3H3,(H2,32,34)/t14-,20?,21?/m0/s1. The molecule has 38 heavy (non-hydrogen) atoms. The minimum absolute atomic E-state index is 0.0109. The quantitative estimate of drug-likeness (QED) is 0.544. The van der Waals surface area contributed by atoms with Gasteiger partial charge in [-0.15, -0.1) is 0 Å². The number of amides is 1. The summed E-state index contributed by atoms with van der Waals surface area (Å²) in [5.41, 5.74) is 4.90. The van der Waals surface area contributed by atoms with Crippen LogP contribution in [-0.2, 0) is 30.0 Å². The Hall–Kier alpha value is -4.66. The molecule has 198 valence electrons. The topological polar surface area (TPSA) is 147 Å². The molecule has 1 amide bonds. The fraction of sp³-hybridized carbons (Fsp3) is 0.269. The van der Waals surface area contributed by atoms with Crippen molar-refractivity contribution >= 4 is 29.4 Å². The second-order valence-electron chi connectivity index (χ2n) is 8.43. The van der Waals surface area contributed by atoms with E-state index in [4.69, 9.17) is 21.1 Å². The molecule has 1 aliphatic rings. The number of allylic oxidation sites excluding steroid dienone is 1. The monoisotopic (exact) mass is 528 g/mol. The summed E-state index contributed by atoms with van der Waals surface area (Å²) >= 11 is 0. The van der Waals surface area contributed by atoms with Gasteiger partial charge in [-0.3, -0.25) is 10.2 Å². The molecule has 1 heterocycles. The summed E-state index contributed by atoms with van der Waals surface area (Å²) in [7, 11) is 1.09. The normalized spacial score (nSPS) is 18.4. The molecule has 0 radical (unpaired) electrons. The first kappa shape index (κ1) is 27.9. The second-order valence-corrected chi connectivity index (χ2v) is 8.43. The molecule has 9 nitrogen and oxygen atoms in total. The van der Waals surface area contributed by atoms with Gasteiger partial charge in [-0.2, -0.15) is 18.4 Å². The molecule has 0 aromatic heterocycles. The van der Waals surface area contributed by atoms with Crippen molar-refractivity contribution in [2.45, 2.75) is 32.0 Å². The molecule has 2 aromatic rings. The Bertz CT molecular complexity index is 1360. The molecule has 3 N–H and O–H groups in total. The number of methoxy groups -OCH3 is 1. The highest BCUT2D eigenvalue weighted by molar-refractivity contribution is 6.15. The number of hydrogen-bond acceptors (Lipinski definition) is 7. The molecule has 3 rings (SSSR count). The summed E-state index contributed by atoms with van der Waals surface area (Å²) < 4.78 is 50.2. The van der Waals surface area contributed by atoms with E-state index in [1.807, 2.05) is 6.07 Å². The molecule has 0 saturated heterocycles. The van der Waals surface area contributed by atoms with Gasteiger partial charge in [0, 0.05) is 17.3 Å². The first-order valence-corrected chi connectivity index (χ1v) is 11.2. The van der Waals surface area contributed by atoms with Crippen LogP contribution in [0.5, 0.6) is 0 Å². The molecule has 1 aliphatic heterocycles. The van der Waals surface area contributed by atoms with Crippen LogP contribution in [-0.4, -0.2) is 36.9 Å². The van der Waals surface area contributed by atoms with Crippen LogP contribution in [0.3, 0.4) is 0 Å². The Morgan fingerprint density at radius 1 is 1.16 bits per heavy atom. The van der Waals surface area contributed by atoms with Gasteiger partial charge in [0.2, 0.25) is 5.91 Å². The fourth-order valence-electron chi connectivity index (χ4n) is 4.28. The molecular formula is C26H23F3N4O5. The highest BCUT2D eigenvalue weighted by atomic mass is 19.4. The Morgan fingerprint density at radius 3 is 2.32 bits per heavy atom. The van der Waals surface area contributed by atoms with E-state index in [0.717, 1.165) is 30.2 Å². The number of carbonyl (C=O) groups is 3. The van der Waals surface area contributed by atoms with Gasteiger partial charge in [-0.05, 0) is 49.7 Å². The zero-order chi connectivity index (χ0) is 28.4. The number of anilines is 1. The number of benzene rings is 2. The van der Waals surface area contributed by atoms with Crippen LogP contribution in [0.4, 0.5) is 18.9 Å². The number of esters is 2. The number of alkyl halides is 3. The summed E-state index contributed by atoms with van der Waals surface area (Å²) in [6.45, 7) is 2.64. The fourth-order valence-corrected chi connectivity index (χ4v) is 4.28. The lowest BCUT2D eigenvalue weighted by Crippen LogP contribution is -2.50. The van der Waals surface area contributed by atoms with Gasteiger partial charge < -0.3 is 20.1 Å². The largest absolute Gasteiger partial charge is 0.466 e. The molecule has 2 aromatic carbocycles. The van der Waals surface area contributed by atoms with Crippen molar-refractivity contribution in [3.8, 4) is 6.07 Å². The van der Waals surface area contributed by atoms with Gasteiger partial charge >= 0.3 is 18.1 Å². The maximum absolute atomic E-state index is 13.5. The molecule has 0 bridgehead atoms. The third-order valence-electron chi connectivity index (χ3n) is 6.08. The van der Waals surface area contributed by atoms with Gasteiger partial charge in [0.25, 0.3) is 0 Å². The number of nitrogens with one attached hydrogen (secondary N) is 1. The van der Waals surface area contributed by atoms with E-state index < -0.39 is 53.4 Å². The first-order valence-electron chi connectivity index (χ1n) is 11.2. The van der Waals surface area contributed by atoms with Gasteiger partial charge in [0.15, 0.2) is 6.10 Å². The summed E-state index contributed by atoms with van der Waals surface area (Å²) in [6.07, 6.45) is -6.05. The number of nitriles is 1. The molecule has 2 unspecified atom stereocenters. The van der Waals surface area contributed by atoms with Crippen molar-refractivity contribution in [2.75, 3.05) is 12.0 Å². The number of nitrogens with zero attached hydrogens (tertiary/aromatic N) is 2. The minimum atomic E-state index is -4.70. The lowest BCUT2D eigenvalue weighted by molar-refractivity contribution is -0.162. The maximum atomic E-state index is 13.5. The number of ether oxygens (including phenoxy) is 2. The molecular weight excluding hydrogens is 505 g/mol. The van der Waals surface area contributed by atoms with Crippen molar-refractivity contribution in [3.05, 3.63) is 76.5 Å². The number of primary amides is 1. The SMILES string of the molecule is COC(=O)[C@H](C)OC(=O)C1=C(C)N(c2cccc(C(F)(F)F)c2)C(=N)C(C(N)=O)C1c1ccc(C#N)cc1. The number of rotatable bonds is 6. The van der Waals surface area contributed by atoms with E-state index >= 15 is 0 Å². The summed E-state index contributed by atoms with van der Waals surface area (Å²) in [4.78, 5) is 39.1. The summed E-state index contributed by atoms with van der Waals surface area (Å²) in [5.74, 6) is -6.15. The van der Waals surface area contributed by atoms with Crippen molar-refractivity contribution in [3.63, 3.8) is 0 Å². The van der Waals surface area contributed by atoms with E-state index in [9.17, 15) is 27.6 Å². The number of hydrogen-bond donors (Lipinski definition) is 2. The molecule has 0 saturated carbocycles. The number of carbonyl (C=O) groups excluding carboxylic acids is 3. The van der Waals surface area contributed by atoms with E-state index in [-0.39, 0.29) is 22.5 Å². The molecule has 0 spiro atoms. The zero-order valence-electron chi connectivity index (χ0n) is 20.5. The van der Waals surface area contributed by atoms with Crippen LogP contribution in [0, 0.1) is 22.7 Å². The van der Waals surface area contributed by atoms with Crippen LogP contribution in [0.25, 0.3) is 0 Å². The lowest BCUT2D eigenvalue weighted by atomic mass is 9.75. The molecule has 0 aliphatic carbocycles. The third kappa shape index (κ3) is 5.36. The Balaban J connectivity index is 2.28. The Labute approximate surface area is 215 Å². The van der Waals surface area contributed by atoms with Gasteiger partial charge in [-0.1, -0.05) is 18.2 Å². The maximum Gasteiger partial charge on any atom is 0.416 e. The zero-order valence-corrected chi connectivity index (χ0v) is 20.5.